The number of nitrogens with one attached hydrogen (secondary N) is 1. The van der Waals surface area contributed by atoms with E-state index < -0.39 is 33.8 Å². The van der Waals surface area contributed by atoms with Gasteiger partial charge in [-0.3, -0.25) is 19.3 Å². The Morgan fingerprint density at radius 1 is 0.971 bits per heavy atom. The number of nitrogens with zero attached hydrogens (tertiary/aromatic N) is 2. The molecular weight excluding hydrogens is 458 g/mol. The molecule has 1 atom stereocenters. The van der Waals surface area contributed by atoms with Crippen molar-refractivity contribution in [1.29, 1.82) is 0 Å². The smallest absolute Gasteiger partial charge is 0.262 e. The Bertz CT molecular complexity index is 1170. The summed E-state index contributed by atoms with van der Waals surface area (Å²) in [6, 6.07) is 11.4. The van der Waals surface area contributed by atoms with Gasteiger partial charge in [0.15, 0.2) is 0 Å². The van der Waals surface area contributed by atoms with E-state index in [9.17, 15) is 22.8 Å². The SMILES string of the molecule is CC(C)CC(C(=O)Nc1ccc(S(=O)(=O)N2CCOCC2)cc1)N1C(=O)c2ccccc2C1=O. The van der Waals surface area contributed by atoms with Crippen LogP contribution in [0.25, 0.3) is 0 Å². The molecule has 180 valence electrons. The predicted octanol–water partition coefficient (Wildman–Crippen LogP) is 2.36. The molecule has 1 N–H and O–H groups in total. The number of anilines is 1. The summed E-state index contributed by atoms with van der Waals surface area (Å²) in [6.45, 7) is 5.09. The van der Waals surface area contributed by atoms with E-state index in [4.69, 9.17) is 4.74 Å². The quantitative estimate of drug-likeness (QED) is 0.603. The molecule has 1 unspecified atom stereocenters. The van der Waals surface area contributed by atoms with Gasteiger partial charge in [0, 0.05) is 18.8 Å². The lowest BCUT2D eigenvalue weighted by molar-refractivity contribution is -0.120. The third-order valence-corrected chi connectivity index (χ3v) is 7.78. The van der Waals surface area contributed by atoms with Crippen LogP contribution in [0.1, 0.15) is 41.0 Å². The van der Waals surface area contributed by atoms with Gasteiger partial charge in [0.2, 0.25) is 15.9 Å². The van der Waals surface area contributed by atoms with E-state index in [0.29, 0.717) is 25.3 Å². The van der Waals surface area contributed by atoms with Crippen molar-refractivity contribution in [3.05, 3.63) is 59.7 Å². The topological polar surface area (TPSA) is 113 Å². The molecule has 0 aromatic heterocycles. The van der Waals surface area contributed by atoms with E-state index in [1.807, 2.05) is 13.8 Å². The van der Waals surface area contributed by atoms with Gasteiger partial charge in [-0.15, -0.1) is 0 Å². The Hall–Kier alpha value is -3.08. The number of carbonyl (C=O) groups excluding carboxylic acids is 3. The molecule has 0 spiro atoms. The van der Waals surface area contributed by atoms with Gasteiger partial charge in [-0.25, -0.2) is 8.42 Å². The number of imide groups is 1. The summed E-state index contributed by atoms with van der Waals surface area (Å²) in [7, 11) is -3.65. The number of carbonyl (C=O) groups is 3. The summed E-state index contributed by atoms with van der Waals surface area (Å²) in [5, 5.41) is 2.74. The van der Waals surface area contributed by atoms with E-state index >= 15 is 0 Å². The maximum Gasteiger partial charge on any atom is 0.262 e. The molecule has 1 fully saturated rings. The predicted molar refractivity (Wildman–Crippen MR) is 125 cm³/mol. The lowest BCUT2D eigenvalue weighted by atomic mass is 10.0. The van der Waals surface area contributed by atoms with Crippen LogP contribution in [-0.2, 0) is 19.6 Å². The van der Waals surface area contributed by atoms with Crippen molar-refractivity contribution in [1.82, 2.24) is 9.21 Å². The van der Waals surface area contributed by atoms with Gasteiger partial charge in [0.05, 0.1) is 29.2 Å². The molecule has 2 aromatic rings. The minimum Gasteiger partial charge on any atom is -0.379 e. The molecule has 3 amide bonds. The van der Waals surface area contributed by atoms with Crippen LogP contribution in [0.3, 0.4) is 0 Å². The van der Waals surface area contributed by atoms with Crippen molar-refractivity contribution in [3.8, 4) is 0 Å². The van der Waals surface area contributed by atoms with Crippen molar-refractivity contribution in [2.24, 2.45) is 5.92 Å². The van der Waals surface area contributed by atoms with Gasteiger partial charge in [0.25, 0.3) is 11.8 Å². The number of sulfonamides is 1. The van der Waals surface area contributed by atoms with Crippen LogP contribution in [0.2, 0.25) is 0 Å². The Balaban J connectivity index is 1.53. The zero-order chi connectivity index (χ0) is 24.5. The lowest BCUT2D eigenvalue weighted by Crippen LogP contribution is -2.47. The van der Waals surface area contributed by atoms with Gasteiger partial charge in [-0.05, 0) is 48.7 Å². The standard InChI is InChI=1S/C24H27N3O6S/c1-16(2)15-21(27-23(29)19-5-3-4-6-20(19)24(27)30)22(28)25-17-7-9-18(10-8-17)34(31,32)26-11-13-33-14-12-26/h3-10,16,21H,11-15H2,1-2H3,(H,25,28). The van der Waals surface area contributed by atoms with Crippen LogP contribution in [0.4, 0.5) is 5.69 Å². The van der Waals surface area contributed by atoms with Crippen molar-refractivity contribution in [2.45, 2.75) is 31.2 Å². The largest absolute Gasteiger partial charge is 0.379 e. The lowest BCUT2D eigenvalue weighted by Gasteiger charge is -2.27. The van der Waals surface area contributed by atoms with Gasteiger partial charge in [-0.2, -0.15) is 4.31 Å². The molecule has 2 heterocycles. The summed E-state index contributed by atoms with van der Waals surface area (Å²) in [4.78, 5) is 40.2. The minimum absolute atomic E-state index is 0.0427. The normalized spacial score (nSPS) is 17.7. The fraction of sp³-hybridized carbons (Fsp3) is 0.375. The van der Waals surface area contributed by atoms with Gasteiger partial charge in [0.1, 0.15) is 6.04 Å². The van der Waals surface area contributed by atoms with Gasteiger partial charge >= 0.3 is 0 Å². The van der Waals surface area contributed by atoms with Crippen molar-refractivity contribution in [2.75, 3.05) is 31.6 Å². The molecule has 0 radical (unpaired) electrons. The van der Waals surface area contributed by atoms with Crippen LogP contribution in [0.15, 0.2) is 53.4 Å². The first-order chi connectivity index (χ1) is 16.2. The molecule has 10 heteroatoms. The molecule has 0 saturated carbocycles. The summed E-state index contributed by atoms with van der Waals surface area (Å²) >= 11 is 0. The van der Waals surface area contributed by atoms with E-state index in [-0.39, 0.29) is 35.0 Å². The van der Waals surface area contributed by atoms with Crippen LogP contribution >= 0.6 is 0 Å². The fourth-order valence-electron chi connectivity index (χ4n) is 4.14. The van der Waals surface area contributed by atoms with E-state index in [1.165, 1.54) is 28.6 Å². The molecule has 2 aliphatic rings. The first-order valence-electron chi connectivity index (χ1n) is 11.2. The van der Waals surface area contributed by atoms with Crippen LogP contribution in [-0.4, -0.2) is 67.7 Å². The fourth-order valence-corrected chi connectivity index (χ4v) is 5.55. The minimum atomic E-state index is -3.65. The molecule has 9 nitrogen and oxygen atoms in total. The van der Waals surface area contributed by atoms with E-state index in [1.54, 1.807) is 24.3 Å². The first kappa shape index (κ1) is 24.1. The maximum absolute atomic E-state index is 13.2. The highest BCUT2D eigenvalue weighted by Gasteiger charge is 2.42. The van der Waals surface area contributed by atoms with Gasteiger partial charge in [-0.1, -0.05) is 26.0 Å². The number of rotatable bonds is 7. The second kappa shape index (κ2) is 9.65. The number of fused-ring (bicyclic) bond motifs is 1. The Morgan fingerprint density at radius 3 is 2.06 bits per heavy atom. The Morgan fingerprint density at radius 2 is 1.53 bits per heavy atom. The molecular formula is C24H27N3O6S. The van der Waals surface area contributed by atoms with Crippen LogP contribution in [0.5, 0.6) is 0 Å². The summed E-state index contributed by atoms with van der Waals surface area (Å²) < 4.78 is 32.2. The maximum atomic E-state index is 13.2. The highest BCUT2D eigenvalue weighted by atomic mass is 32.2. The molecule has 2 aliphatic heterocycles. The monoisotopic (exact) mass is 485 g/mol. The average Bonchev–Trinajstić information content (AvgIpc) is 3.08. The zero-order valence-electron chi connectivity index (χ0n) is 19.1. The third-order valence-electron chi connectivity index (χ3n) is 5.86. The van der Waals surface area contributed by atoms with Crippen molar-refractivity contribution >= 4 is 33.4 Å². The second-order valence-electron chi connectivity index (χ2n) is 8.70. The zero-order valence-corrected chi connectivity index (χ0v) is 19.9. The highest BCUT2D eigenvalue weighted by Crippen LogP contribution is 2.28. The van der Waals surface area contributed by atoms with Gasteiger partial charge < -0.3 is 10.1 Å². The van der Waals surface area contributed by atoms with Crippen molar-refractivity contribution < 1.29 is 27.5 Å². The first-order valence-corrected chi connectivity index (χ1v) is 12.6. The summed E-state index contributed by atoms with van der Waals surface area (Å²) in [5.41, 5.74) is 0.940. The number of hydrogen-bond acceptors (Lipinski definition) is 6. The Labute approximate surface area is 198 Å². The number of amides is 3. The number of benzene rings is 2. The molecule has 4 rings (SSSR count). The molecule has 2 aromatic carbocycles. The molecule has 0 bridgehead atoms. The average molecular weight is 486 g/mol. The van der Waals surface area contributed by atoms with Crippen LogP contribution < -0.4 is 5.32 Å². The molecule has 34 heavy (non-hydrogen) atoms. The third kappa shape index (κ3) is 4.61. The summed E-state index contributed by atoms with van der Waals surface area (Å²) in [6.07, 6.45) is 0.292. The molecule has 1 saturated heterocycles. The van der Waals surface area contributed by atoms with E-state index in [2.05, 4.69) is 5.32 Å². The molecule has 0 aliphatic carbocycles. The summed E-state index contributed by atoms with van der Waals surface area (Å²) in [5.74, 6) is -1.45. The van der Waals surface area contributed by atoms with Crippen molar-refractivity contribution in [3.63, 3.8) is 0 Å². The number of hydrogen-bond donors (Lipinski definition) is 1. The number of morpholine rings is 1. The number of ether oxygens (including phenoxy) is 1. The Kier molecular flexibility index (Phi) is 6.83. The van der Waals surface area contributed by atoms with E-state index in [0.717, 1.165) is 4.90 Å². The highest BCUT2D eigenvalue weighted by molar-refractivity contribution is 7.89. The second-order valence-corrected chi connectivity index (χ2v) is 10.6. The van der Waals surface area contributed by atoms with Crippen LogP contribution in [0, 0.1) is 5.92 Å².